The summed E-state index contributed by atoms with van der Waals surface area (Å²) in [6.45, 7) is 5.68. The molecule has 1 fully saturated rings. The fourth-order valence-corrected chi connectivity index (χ4v) is 2.81. The number of hydrogen-bond donors (Lipinski definition) is 2. The molecule has 2 N–H and O–H groups in total. The number of hydrogen-bond acceptors (Lipinski definition) is 4. The SMILES string of the molecule is COCCNCC1CCCCN1CCCCCCO. The lowest BCUT2D eigenvalue weighted by atomic mass is 10.0. The minimum absolute atomic E-state index is 0.343. The van der Waals surface area contributed by atoms with Crippen molar-refractivity contribution in [2.24, 2.45) is 0 Å². The van der Waals surface area contributed by atoms with Gasteiger partial charge in [0.05, 0.1) is 6.61 Å². The molecule has 0 amide bonds. The van der Waals surface area contributed by atoms with E-state index in [0.29, 0.717) is 12.6 Å². The third-order valence-corrected chi connectivity index (χ3v) is 3.97. The summed E-state index contributed by atoms with van der Waals surface area (Å²) in [6, 6.07) is 0.712. The van der Waals surface area contributed by atoms with Crippen molar-refractivity contribution >= 4 is 0 Å². The third-order valence-electron chi connectivity index (χ3n) is 3.97. The molecule has 4 heteroatoms. The van der Waals surface area contributed by atoms with Gasteiger partial charge in [-0.25, -0.2) is 0 Å². The molecule has 1 rings (SSSR count). The molecule has 1 heterocycles. The molecule has 1 unspecified atom stereocenters. The quantitative estimate of drug-likeness (QED) is 0.561. The average Bonchev–Trinajstić information content (AvgIpc) is 2.45. The molecule has 114 valence electrons. The maximum absolute atomic E-state index is 8.77. The number of aliphatic hydroxyl groups excluding tert-OH is 1. The first kappa shape index (κ1) is 16.9. The van der Waals surface area contributed by atoms with E-state index < -0.39 is 0 Å². The summed E-state index contributed by atoms with van der Waals surface area (Å²) in [5, 5.41) is 12.3. The molecule has 0 saturated carbocycles. The minimum Gasteiger partial charge on any atom is -0.396 e. The number of nitrogens with zero attached hydrogens (tertiary/aromatic N) is 1. The molecule has 0 radical (unpaired) electrons. The van der Waals surface area contributed by atoms with Gasteiger partial charge in [-0.3, -0.25) is 4.90 Å². The Morgan fingerprint density at radius 3 is 2.84 bits per heavy atom. The summed E-state index contributed by atoms with van der Waals surface area (Å²) in [7, 11) is 1.75. The van der Waals surface area contributed by atoms with Crippen LogP contribution in [0.5, 0.6) is 0 Å². The number of unbranched alkanes of at least 4 members (excludes halogenated alkanes) is 3. The predicted octanol–water partition coefficient (Wildman–Crippen LogP) is 1.63. The first-order valence-electron chi connectivity index (χ1n) is 7.93. The van der Waals surface area contributed by atoms with Gasteiger partial charge in [0.25, 0.3) is 0 Å². The summed E-state index contributed by atoms with van der Waals surface area (Å²) in [6.07, 6.45) is 8.71. The van der Waals surface area contributed by atoms with E-state index in [1.165, 1.54) is 51.6 Å². The van der Waals surface area contributed by atoms with E-state index >= 15 is 0 Å². The summed E-state index contributed by atoms with van der Waals surface area (Å²) in [5.41, 5.74) is 0. The van der Waals surface area contributed by atoms with E-state index in [9.17, 15) is 0 Å². The van der Waals surface area contributed by atoms with Crippen LogP contribution in [0.3, 0.4) is 0 Å². The Balaban J connectivity index is 2.12. The van der Waals surface area contributed by atoms with Crippen LogP contribution in [0.1, 0.15) is 44.9 Å². The molecule has 1 saturated heterocycles. The topological polar surface area (TPSA) is 44.7 Å². The molecular formula is C15H32N2O2. The van der Waals surface area contributed by atoms with E-state index in [1.54, 1.807) is 7.11 Å². The number of methoxy groups -OCH3 is 1. The molecule has 1 atom stereocenters. The fraction of sp³-hybridized carbons (Fsp3) is 1.00. The Labute approximate surface area is 118 Å². The van der Waals surface area contributed by atoms with Gasteiger partial charge < -0.3 is 15.2 Å². The summed E-state index contributed by atoms with van der Waals surface area (Å²) >= 11 is 0. The van der Waals surface area contributed by atoms with Gasteiger partial charge in [0.2, 0.25) is 0 Å². The van der Waals surface area contributed by atoms with E-state index in [-0.39, 0.29) is 0 Å². The van der Waals surface area contributed by atoms with E-state index in [0.717, 1.165) is 26.1 Å². The van der Waals surface area contributed by atoms with Crippen LogP contribution >= 0.6 is 0 Å². The van der Waals surface area contributed by atoms with Crippen molar-refractivity contribution in [3.05, 3.63) is 0 Å². The van der Waals surface area contributed by atoms with Gasteiger partial charge >= 0.3 is 0 Å². The first-order valence-corrected chi connectivity index (χ1v) is 7.93. The molecular weight excluding hydrogens is 240 g/mol. The van der Waals surface area contributed by atoms with Crippen LogP contribution < -0.4 is 5.32 Å². The van der Waals surface area contributed by atoms with Gasteiger partial charge in [0.15, 0.2) is 0 Å². The van der Waals surface area contributed by atoms with Crippen molar-refractivity contribution in [3.8, 4) is 0 Å². The highest BCUT2D eigenvalue weighted by atomic mass is 16.5. The van der Waals surface area contributed by atoms with Gasteiger partial charge in [-0.05, 0) is 38.8 Å². The number of likely N-dealkylation sites (tertiary alicyclic amines) is 1. The van der Waals surface area contributed by atoms with Crippen molar-refractivity contribution in [1.82, 2.24) is 10.2 Å². The van der Waals surface area contributed by atoms with Crippen LogP contribution in [0.25, 0.3) is 0 Å². The second kappa shape index (κ2) is 11.6. The van der Waals surface area contributed by atoms with Crippen molar-refractivity contribution in [2.45, 2.75) is 51.0 Å². The second-order valence-corrected chi connectivity index (χ2v) is 5.52. The fourth-order valence-electron chi connectivity index (χ4n) is 2.81. The molecule has 0 aliphatic carbocycles. The Hall–Kier alpha value is -0.160. The lowest BCUT2D eigenvalue weighted by molar-refractivity contribution is 0.137. The molecule has 0 bridgehead atoms. The minimum atomic E-state index is 0.343. The summed E-state index contributed by atoms with van der Waals surface area (Å²) < 4.78 is 5.06. The van der Waals surface area contributed by atoms with Crippen LogP contribution in [0.15, 0.2) is 0 Å². The Bertz CT molecular complexity index is 203. The Kier molecular flexibility index (Phi) is 10.4. The number of aliphatic hydroxyl groups is 1. The van der Waals surface area contributed by atoms with E-state index in [4.69, 9.17) is 9.84 Å². The lowest BCUT2D eigenvalue weighted by Crippen LogP contribution is -2.46. The average molecular weight is 272 g/mol. The molecule has 0 aromatic carbocycles. The van der Waals surface area contributed by atoms with Crippen LogP contribution in [0.4, 0.5) is 0 Å². The lowest BCUT2D eigenvalue weighted by Gasteiger charge is -2.36. The summed E-state index contributed by atoms with van der Waals surface area (Å²) in [5.74, 6) is 0. The maximum Gasteiger partial charge on any atom is 0.0587 e. The predicted molar refractivity (Wildman–Crippen MR) is 79.5 cm³/mol. The Morgan fingerprint density at radius 2 is 2.05 bits per heavy atom. The monoisotopic (exact) mass is 272 g/mol. The smallest absolute Gasteiger partial charge is 0.0587 e. The van der Waals surface area contributed by atoms with Gasteiger partial charge in [0.1, 0.15) is 0 Å². The van der Waals surface area contributed by atoms with Crippen molar-refractivity contribution in [1.29, 1.82) is 0 Å². The largest absolute Gasteiger partial charge is 0.396 e. The van der Waals surface area contributed by atoms with Gasteiger partial charge in [-0.15, -0.1) is 0 Å². The Morgan fingerprint density at radius 1 is 1.21 bits per heavy atom. The number of rotatable bonds is 11. The van der Waals surface area contributed by atoms with Crippen LogP contribution in [-0.4, -0.2) is 62.6 Å². The van der Waals surface area contributed by atoms with Crippen molar-refractivity contribution in [2.75, 3.05) is 46.5 Å². The van der Waals surface area contributed by atoms with Crippen LogP contribution in [-0.2, 0) is 4.74 Å². The zero-order valence-electron chi connectivity index (χ0n) is 12.6. The highest BCUT2D eigenvalue weighted by molar-refractivity contribution is 4.78. The number of ether oxygens (including phenoxy) is 1. The third kappa shape index (κ3) is 7.88. The first-order chi connectivity index (χ1) is 9.38. The van der Waals surface area contributed by atoms with E-state index in [2.05, 4.69) is 10.2 Å². The van der Waals surface area contributed by atoms with Crippen LogP contribution in [0.2, 0.25) is 0 Å². The van der Waals surface area contributed by atoms with Crippen molar-refractivity contribution < 1.29 is 9.84 Å². The molecule has 1 aliphatic rings. The zero-order valence-corrected chi connectivity index (χ0v) is 12.6. The van der Waals surface area contributed by atoms with Crippen LogP contribution in [0, 0.1) is 0 Å². The maximum atomic E-state index is 8.77. The molecule has 19 heavy (non-hydrogen) atoms. The molecule has 1 aliphatic heterocycles. The van der Waals surface area contributed by atoms with Gasteiger partial charge in [0, 0.05) is 32.8 Å². The van der Waals surface area contributed by atoms with E-state index in [1.807, 2.05) is 0 Å². The standard InChI is InChI=1S/C15H32N2O2/c1-19-13-9-16-14-15-8-4-6-11-17(15)10-5-2-3-7-12-18/h15-16,18H,2-14H2,1H3. The molecule has 0 aromatic rings. The van der Waals surface area contributed by atoms with Gasteiger partial charge in [-0.1, -0.05) is 19.3 Å². The molecule has 0 aromatic heterocycles. The normalized spacial score (nSPS) is 20.8. The van der Waals surface area contributed by atoms with Crippen molar-refractivity contribution in [3.63, 3.8) is 0 Å². The summed E-state index contributed by atoms with van der Waals surface area (Å²) in [4.78, 5) is 2.66. The second-order valence-electron chi connectivity index (χ2n) is 5.52. The highest BCUT2D eigenvalue weighted by Gasteiger charge is 2.21. The highest BCUT2D eigenvalue weighted by Crippen LogP contribution is 2.17. The van der Waals surface area contributed by atoms with Gasteiger partial charge in [-0.2, -0.15) is 0 Å². The number of nitrogens with one attached hydrogen (secondary N) is 1. The molecule has 4 nitrogen and oxygen atoms in total. The number of piperidine rings is 1. The zero-order chi connectivity index (χ0) is 13.8. The molecule has 0 spiro atoms.